The molecule has 0 saturated carbocycles. The molecule has 0 radical (unpaired) electrons. The Bertz CT molecular complexity index is 200. The Morgan fingerprint density at radius 1 is 1.14 bits per heavy atom. The minimum absolute atomic E-state index is 0.117. The molecule has 0 spiro atoms. The molecule has 0 aliphatic carbocycles. The average molecular weight is 200 g/mol. The van der Waals surface area contributed by atoms with E-state index >= 15 is 0 Å². The molecule has 0 rings (SSSR count). The first kappa shape index (κ1) is 12.9. The summed E-state index contributed by atoms with van der Waals surface area (Å²) in [4.78, 5) is 22.2. The van der Waals surface area contributed by atoms with E-state index in [1.807, 2.05) is 13.8 Å². The standard InChI is InChI=1S/C10H20N2O2/c1-5-9(6-2)12-10(14)7(3)11-8(4)13/h7,9H,5-6H2,1-4H3,(H,11,13)(H,12,14)/t7-/m1/s1. The van der Waals surface area contributed by atoms with Crippen LogP contribution in [0.25, 0.3) is 0 Å². The summed E-state index contributed by atoms with van der Waals surface area (Å²) in [6.07, 6.45) is 1.82. The third kappa shape index (κ3) is 4.84. The van der Waals surface area contributed by atoms with Gasteiger partial charge in [-0.25, -0.2) is 0 Å². The van der Waals surface area contributed by atoms with E-state index in [0.29, 0.717) is 0 Å². The van der Waals surface area contributed by atoms with Crippen molar-refractivity contribution in [1.29, 1.82) is 0 Å². The van der Waals surface area contributed by atoms with Crippen LogP contribution in [0.4, 0.5) is 0 Å². The highest BCUT2D eigenvalue weighted by molar-refractivity contribution is 5.86. The van der Waals surface area contributed by atoms with Crippen LogP contribution in [-0.2, 0) is 9.59 Å². The lowest BCUT2D eigenvalue weighted by Gasteiger charge is -2.18. The van der Waals surface area contributed by atoms with Crippen molar-refractivity contribution in [2.75, 3.05) is 0 Å². The summed E-state index contributed by atoms with van der Waals surface area (Å²) in [6.45, 7) is 7.13. The van der Waals surface area contributed by atoms with Gasteiger partial charge < -0.3 is 10.6 Å². The molecular weight excluding hydrogens is 180 g/mol. The quantitative estimate of drug-likeness (QED) is 0.690. The SMILES string of the molecule is CCC(CC)NC(=O)[C@@H](C)NC(C)=O. The van der Waals surface area contributed by atoms with Crippen LogP contribution in [0.5, 0.6) is 0 Å². The first-order valence-electron chi connectivity index (χ1n) is 5.08. The number of nitrogens with one attached hydrogen (secondary N) is 2. The number of amides is 2. The summed E-state index contributed by atoms with van der Waals surface area (Å²) in [5.41, 5.74) is 0. The highest BCUT2D eigenvalue weighted by Gasteiger charge is 2.15. The molecule has 0 aliphatic rings. The van der Waals surface area contributed by atoms with Gasteiger partial charge in [-0.1, -0.05) is 13.8 Å². The Labute approximate surface area is 85.4 Å². The van der Waals surface area contributed by atoms with E-state index in [9.17, 15) is 9.59 Å². The zero-order valence-electron chi connectivity index (χ0n) is 9.39. The van der Waals surface area contributed by atoms with Gasteiger partial charge >= 0.3 is 0 Å². The van der Waals surface area contributed by atoms with Crippen LogP contribution < -0.4 is 10.6 Å². The van der Waals surface area contributed by atoms with E-state index in [2.05, 4.69) is 10.6 Å². The van der Waals surface area contributed by atoms with Gasteiger partial charge in [0.1, 0.15) is 6.04 Å². The molecular formula is C10H20N2O2. The number of carbonyl (C=O) groups excluding carboxylic acids is 2. The minimum Gasteiger partial charge on any atom is -0.352 e. The third-order valence-corrected chi connectivity index (χ3v) is 2.15. The van der Waals surface area contributed by atoms with Gasteiger partial charge in [0.05, 0.1) is 0 Å². The van der Waals surface area contributed by atoms with E-state index in [1.165, 1.54) is 6.92 Å². The van der Waals surface area contributed by atoms with Gasteiger partial charge in [0, 0.05) is 13.0 Å². The van der Waals surface area contributed by atoms with Gasteiger partial charge in [-0.15, -0.1) is 0 Å². The van der Waals surface area contributed by atoms with Crippen LogP contribution in [0, 0.1) is 0 Å². The maximum atomic E-state index is 11.5. The van der Waals surface area contributed by atoms with Crippen molar-refractivity contribution >= 4 is 11.8 Å². The third-order valence-electron chi connectivity index (χ3n) is 2.15. The van der Waals surface area contributed by atoms with Gasteiger partial charge in [-0.05, 0) is 19.8 Å². The monoisotopic (exact) mass is 200 g/mol. The lowest BCUT2D eigenvalue weighted by Crippen LogP contribution is -2.47. The molecule has 0 aromatic carbocycles. The summed E-state index contributed by atoms with van der Waals surface area (Å²) in [5.74, 6) is -0.300. The first-order valence-corrected chi connectivity index (χ1v) is 5.08. The number of hydrogen-bond donors (Lipinski definition) is 2. The second kappa shape index (κ2) is 6.40. The summed E-state index contributed by atoms with van der Waals surface area (Å²) in [7, 11) is 0. The fourth-order valence-corrected chi connectivity index (χ4v) is 1.19. The van der Waals surface area contributed by atoms with Crippen LogP contribution in [0.1, 0.15) is 40.5 Å². The zero-order valence-corrected chi connectivity index (χ0v) is 9.39. The lowest BCUT2D eigenvalue weighted by molar-refractivity contribution is -0.128. The highest BCUT2D eigenvalue weighted by Crippen LogP contribution is 1.96. The fourth-order valence-electron chi connectivity index (χ4n) is 1.19. The summed E-state index contributed by atoms with van der Waals surface area (Å²) < 4.78 is 0. The van der Waals surface area contributed by atoms with Crippen LogP contribution in [-0.4, -0.2) is 23.9 Å². The fraction of sp³-hybridized carbons (Fsp3) is 0.800. The van der Waals surface area contributed by atoms with E-state index in [4.69, 9.17) is 0 Å². The van der Waals surface area contributed by atoms with Crippen LogP contribution >= 0.6 is 0 Å². The lowest BCUT2D eigenvalue weighted by atomic mass is 10.1. The van der Waals surface area contributed by atoms with E-state index in [1.54, 1.807) is 6.92 Å². The van der Waals surface area contributed by atoms with Gasteiger partial charge in [0.2, 0.25) is 11.8 Å². The molecule has 82 valence electrons. The molecule has 0 aromatic heterocycles. The summed E-state index contributed by atoms with van der Waals surface area (Å²) in [6, 6.07) is -0.244. The normalized spacial score (nSPS) is 12.4. The van der Waals surface area contributed by atoms with Crippen LogP contribution in [0.2, 0.25) is 0 Å². The van der Waals surface area contributed by atoms with E-state index in [-0.39, 0.29) is 17.9 Å². The Balaban J connectivity index is 3.99. The maximum absolute atomic E-state index is 11.5. The highest BCUT2D eigenvalue weighted by atomic mass is 16.2. The van der Waals surface area contributed by atoms with Crippen molar-refractivity contribution < 1.29 is 9.59 Å². The van der Waals surface area contributed by atoms with Gasteiger partial charge in [0.15, 0.2) is 0 Å². The molecule has 4 nitrogen and oxygen atoms in total. The molecule has 0 aliphatic heterocycles. The van der Waals surface area contributed by atoms with Crippen molar-refractivity contribution in [2.24, 2.45) is 0 Å². The zero-order chi connectivity index (χ0) is 11.1. The van der Waals surface area contributed by atoms with E-state index < -0.39 is 6.04 Å². The second-order valence-electron chi connectivity index (χ2n) is 3.44. The van der Waals surface area contributed by atoms with Gasteiger partial charge in [0.25, 0.3) is 0 Å². The predicted molar refractivity (Wildman–Crippen MR) is 55.8 cm³/mol. The van der Waals surface area contributed by atoms with Crippen molar-refractivity contribution in [3.63, 3.8) is 0 Å². The van der Waals surface area contributed by atoms with Gasteiger partial charge in [-0.3, -0.25) is 9.59 Å². The second-order valence-corrected chi connectivity index (χ2v) is 3.44. The Morgan fingerprint density at radius 3 is 2.00 bits per heavy atom. The van der Waals surface area contributed by atoms with Crippen molar-refractivity contribution in [2.45, 2.75) is 52.6 Å². The number of hydrogen-bond acceptors (Lipinski definition) is 2. The Hall–Kier alpha value is -1.06. The number of rotatable bonds is 5. The van der Waals surface area contributed by atoms with Crippen LogP contribution in [0.15, 0.2) is 0 Å². The Kier molecular flexibility index (Phi) is 5.92. The van der Waals surface area contributed by atoms with Crippen molar-refractivity contribution in [3.05, 3.63) is 0 Å². The van der Waals surface area contributed by atoms with Crippen molar-refractivity contribution in [3.8, 4) is 0 Å². The topological polar surface area (TPSA) is 58.2 Å². The molecule has 0 heterocycles. The molecule has 0 saturated heterocycles. The van der Waals surface area contributed by atoms with Crippen LogP contribution in [0.3, 0.4) is 0 Å². The molecule has 4 heteroatoms. The largest absolute Gasteiger partial charge is 0.352 e. The Morgan fingerprint density at radius 2 is 1.64 bits per heavy atom. The smallest absolute Gasteiger partial charge is 0.242 e. The maximum Gasteiger partial charge on any atom is 0.242 e. The molecule has 0 bridgehead atoms. The molecule has 2 N–H and O–H groups in total. The van der Waals surface area contributed by atoms with Crippen molar-refractivity contribution in [1.82, 2.24) is 10.6 Å². The number of carbonyl (C=O) groups is 2. The summed E-state index contributed by atoms with van der Waals surface area (Å²) in [5, 5.41) is 5.41. The first-order chi connectivity index (χ1) is 6.51. The minimum atomic E-state index is -0.451. The molecule has 0 aromatic rings. The molecule has 0 unspecified atom stereocenters. The van der Waals surface area contributed by atoms with E-state index in [0.717, 1.165) is 12.8 Å². The molecule has 14 heavy (non-hydrogen) atoms. The van der Waals surface area contributed by atoms with Gasteiger partial charge in [-0.2, -0.15) is 0 Å². The summed E-state index contributed by atoms with van der Waals surface area (Å²) >= 11 is 0. The average Bonchev–Trinajstić information content (AvgIpc) is 2.12. The molecule has 1 atom stereocenters. The predicted octanol–water partition coefficient (Wildman–Crippen LogP) is 0.816. The molecule has 2 amide bonds. The molecule has 0 fully saturated rings.